The van der Waals surface area contributed by atoms with Gasteiger partial charge in [0.05, 0.1) is 0 Å². The summed E-state index contributed by atoms with van der Waals surface area (Å²) in [6.07, 6.45) is 5.06. The molecule has 178 valence electrons. The maximum Gasteiger partial charge on any atom is 0.300 e. The van der Waals surface area contributed by atoms with Crippen molar-refractivity contribution in [1.82, 2.24) is 0 Å². The van der Waals surface area contributed by atoms with Gasteiger partial charge in [-0.3, -0.25) is 19.8 Å². The van der Waals surface area contributed by atoms with E-state index in [-0.39, 0.29) is 17.6 Å². The van der Waals surface area contributed by atoms with Gasteiger partial charge in [-0.2, -0.15) is 0 Å². The van der Waals surface area contributed by atoms with E-state index >= 15 is 0 Å². The van der Waals surface area contributed by atoms with Crippen LogP contribution >= 0.6 is 0 Å². The number of carbonyl (C=O) groups is 3. The van der Waals surface area contributed by atoms with Gasteiger partial charge in [0.15, 0.2) is 0 Å². The lowest BCUT2D eigenvalue weighted by Gasteiger charge is -2.26. The van der Waals surface area contributed by atoms with Crippen LogP contribution in [0.15, 0.2) is 54.1 Å². The SMILES string of the molecule is CC(=O)O.N=C(N)c1cccc(C2=C(C(=O)Nc3ccc(N4CCCCC4=O)cc3)CCC2)c1. The summed E-state index contributed by atoms with van der Waals surface area (Å²) in [5, 5.41) is 18.1. The second-order valence-corrected chi connectivity index (χ2v) is 8.33. The van der Waals surface area contributed by atoms with Crippen LogP contribution in [0.25, 0.3) is 5.57 Å². The number of carboxylic acid groups (broad SMARTS) is 1. The molecule has 2 aromatic carbocycles. The molecule has 1 aliphatic heterocycles. The third-order valence-electron chi connectivity index (χ3n) is 5.77. The van der Waals surface area contributed by atoms with Crippen molar-refractivity contribution in [1.29, 1.82) is 5.41 Å². The lowest BCUT2D eigenvalue weighted by Crippen LogP contribution is -2.35. The number of nitrogens with zero attached hydrogens (tertiary/aromatic N) is 1. The number of amidine groups is 1. The Hall–Kier alpha value is -3.94. The van der Waals surface area contributed by atoms with Crippen LogP contribution in [0.1, 0.15) is 56.6 Å². The van der Waals surface area contributed by atoms with Gasteiger partial charge in [-0.15, -0.1) is 0 Å². The molecule has 2 aliphatic rings. The fourth-order valence-electron chi connectivity index (χ4n) is 4.20. The molecule has 2 aromatic rings. The number of nitrogens with two attached hydrogens (primary N) is 1. The monoisotopic (exact) mass is 462 g/mol. The predicted molar refractivity (Wildman–Crippen MR) is 133 cm³/mol. The fourth-order valence-corrected chi connectivity index (χ4v) is 4.20. The van der Waals surface area contributed by atoms with Gasteiger partial charge in [-0.05, 0) is 73.6 Å². The highest BCUT2D eigenvalue weighted by Crippen LogP contribution is 2.35. The number of amides is 2. The highest BCUT2D eigenvalue weighted by Gasteiger charge is 2.23. The summed E-state index contributed by atoms with van der Waals surface area (Å²) in [4.78, 5) is 35.9. The number of carboxylic acids is 1. The predicted octanol–water partition coefficient (Wildman–Crippen LogP) is 4.15. The number of hydrogen-bond acceptors (Lipinski definition) is 4. The number of allylic oxidation sites excluding steroid dienone is 1. The Balaban J connectivity index is 0.000000751. The fraction of sp³-hybridized carbons (Fsp3) is 0.308. The maximum atomic E-state index is 13.0. The Bertz CT molecular complexity index is 1120. The van der Waals surface area contributed by atoms with Crippen LogP contribution in [0, 0.1) is 5.41 Å². The second-order valence-electron chi connectivity index (χ2n) is 8.33. The summed E-state index contributed by atoms with van der Waals surface area (Å²) in [5.41, 5.74) is 10.6. The first kappa shape index (κ1) is 24.7. The average molecular weight is 463 g/mol. The topological polar surface area (TPSA) is 137 Å². The van der Waals surface area contributed by atoms with Crippen molar-refractivity contribution in [3.05, 3.63) is 65.2 Å². The zero-order valence-corrected chi connectivity index (χ0v) is 19.3. The zero-order valence-electron chi connectivity index (χ0n) is 19.3. The minimum absolute atomic E-state index is 0.0220. The van der Waals surface area contributed by atoms with E-state index in [4.69, 9.17) is 21.0 Å². The summed E-state index contributed by atoms with van der Waals surface area (Å²) in [6, 6.07) is 15.0. The molecule has 2 amide bonds. The first-order valence-electron chi connectivity index (χ1n) is 11.3. The van der Waals surface area contributed by atoms with Gasteiger partial charge < -0.3 is 21.1 Å². The molecular formula is C26H30N4O4. The molecule has 0 radical (unpaired) electrons. The molecule has 0 aromatic heterocycles. The highest BCUT2D eigenvalue weighted by molar-refractivity contribution is 6.10. The van der Waals surface area contributed by atoms with Crippen molar-refractivity contribution in [3.63, 3.8) is 0 Å². The van der Waals surface area contributed by atoms with Gasteiger partial charge in [0.1, 0.15) is 5.84 Å². The van der Waals surface area contributed by atoms with E-state index in [0.29, 0.717) is 17.7 Å². The molecule has 4 rings (SSSR count). The number of nitrogens with one attached hydrogen (secondary N) is 2. The lowest BCUT2D eigenvalue weighted by atomic mass is 9.99. The smallest absolute Gasteiger partial charge is 0.300 e. The summed E-state index contributed by atoms with van der Waals surface area (Å²) >= 11 is 0. The van der Waals surface area contributed by atoms with E-state index in [1.54, 1.807) is 6.07 Å². The molecule has 34 heavy (non-hydrogen) atoms. The van der Waals surface area contributed by atoms with Gasteiger partial charge in [0, 0.05) is 42.4 Å². The molecule has 5 N–H and O–H groups in total. The molecule has 1 aliphatic carbocycles. The molecule has 8 heteroatoms. The highest BCUT2D eigenvalue weighted by atomic mass is 16.4. The van der Waals surface area contributed by atoms with Gasteiger partial charge in [-0.25, -0.2) is 0 Å². The molecule has 0 saturated carbocycles. The number of anilines is 2. The summed E-state index contributed by atoms with van der Waals surface area (Å²) in [7, 11) is 0. The first-order chi connectivity index (χ1) is 16.3. The molecule has 0 bridgehead atoms. The van der Waals surface area contributed by atoms with Crippen molar-refractivity contribution < 1.29 is 19.5 Å². The van der Waals surface area contributed by atoms with Crippen LogP contribution in [0.5, 0.6) is 0 Å². The number of aliphatic carboxylic acids is 1. The van der Waals surface area contributed by atoms with Gasteiger partial charge in [0.25, 0.3) is 11.9 Å². The average Bonchev–Trinajstić information content (AvgIpc) is 3.30. The Labute approximate surface area is 199 Å². The largest absolute Gasteiger partial charge is 0.481 e. The number of rotatable bonds is 5. The standard InChI is InChI=1S/C24H26N4O2.C2H4O2/c25-23(26)17-6-3-5-16(15-17)20-7-4-8-21(20)24(30)27-18-10-12-19(13-11-18)28-14-2-1-9-22(28)29;1-2(3)4/h3,5-6,10-13,15H,1-2,4,7-9,14H2,(H3,25,26)(H,27,30);1H3,(H,3,4). The van der Waals surface area contributed by atoms with Crippen LogP contribution in [0.3, 0.4) is 0 Å². The quantitative estimate of drug-likeness (QED) is 0.391. The molecule has 0 spiro atoms. The molecule has 8 nitrogen and oxygen atoms in total. The normalized spacial score (nSPS) is 15.4. The number of carbonyl (C=O) groups excluding carboxylic acids is 2. The van der Waals surface area contributed by atoms with E-state index in [1.165, 1.54) is 0 Å². The van der Waals surface area contributed by atoms with Crippen molar-refractivity contribution in [2.75, 3.05) is 16.8 Å². The molecule has 0 atom stereocenters. The lowest BCUT2D eigenvalue weighted by molar-refractivity contribution is -0.134. The third-order valence-corrected chi connectivity index (χ3v) is 5.77. The van der Waals surface area contributed by atoms with E-state index in [2.05, 4.69) is 5.32 Å². The second kappa shape index (κ2) is 11.3. The minimum atomic E-state index is -0.833. The molecular weight excluding hydrogens is 432 g/mol. The maximum absolute atomic E-state index is 13.0. The molecule has 1 fully saturated rings. The van der Waals surface area contributed by atoms with Gasteiger partial charge in [-0.1, -0.05) is 18.2 Å². The van der Waals surface area contributed by atoms with Crippen molar-refractivity contribution in [2.24, 2.45) is 5.73 Å². The number of nitrogen functional groups attached to an aromatic ring is 1. The van der Waals surface area contributed by atoms with Crippen LogP contribution in [0.2, 0.25) is 0 Å². The Morgan fingerprint density at radius 3 is 2.38 bits per heavy atom. The molecule has 1 heterocycles. The summed E-state index contributed by atoms with van der Waals surface area (Å²) in [5.74, 6) is -0.752. The first-order valence-corrected chi connectivity index (χ1v) is 11.3. The van der Waals surface area contributed by atoms with Crippen LogP contribution in [0.4, 0.5) is 11.4 Å². The Kier molecular flexibility index (Phi) is 8.19. The third kappa shape index (κ3) is 6.31. The number of piperidine rings is 1. The molecule has 1 saturated heterocycles. The number of hydrogen-bond donors (Lipinski definition) is 4. The molecule has 0 unspecified atom stereocenters. The Morgan fingerprint density at radius 1 is 1.03 bits per heavy atom. The van der Waals surface area contributed by atoms with Crippen molar-refractivity contribution in [2.45, 2.75) is 45.4 Å². The van der Waals surface area contributed by atoms with E-state index in [1.807, 2.05) is 47.4 Å². The summed E-state index contributed by atoms with van der Waals surface area (Å²) in [6.45, 7) is 1.83. The van der Waals surface area contributed by atoms with Crippen LogP contribution < -0.4 is 16.0 Å². The van der Waals surface area contributed by atoms with Gasteiger partial charge in [0.2, 0.25) is 5.91 Å². The minimum Gasteiger partial charge on any atom is -0.481 e. The van der Waals surface area contributed by atoms with E-state index in [0.717, 1.165) is 68.0 Å². The Morgan fingerprint density at radius 2 is 1.74 bits per heavy atom. The van der Waals surface area contributed by atoms with Crippen LogP contribution in [-0.2, 0) is 14.4 Å². The van der Waals surface area contributed by atoms with Crippen molar-refractivity contribution >= 4 is 40.6 Å². The summed E-state index contributed by atoms with van der Waals surface area (Å²) < 4.78 is 0. The van der Waals surface area contributed by atoms with Crippen LogP contribution in [-0.4, -0.2) is 35.3 Å². The van der Waals surface area contributed by atoms with Crippen molar-refractivity contribution in [3.8, 4) is 0 Å². The number of benzene rings is 2. The van der Waals surface area contributed by atoms with E-state index in [9.17, 15) is 9.59 Å². The van der Waals surface area contributed by atoms with E-state index < -0.39 is 5.97 Å². The zero-order chi connectivity index (χ0) is 24.7. The van der Waals surface area contributed by atoms with Gasteiger partial charge >= 0.3 is 0 Å².